The van der Waals surface area contributed by atoms with Gasteiger partial charge < -0.3 is 35.6 Å². The number of nitrogens with one attached hydrogen (secondary N) is 2. The highest BCUT2D eigenvalue weighted by atomic mass is 19.4. The van der Waals surface area contributed by atoms with Gasteiger partial charge in [0.25, 0.3) is 5.91 Å². The number of alkyl halides is 3. The lowest BCUT2D eigenvalue weighted by atomic mass is 9.95. The molecule has 4 N–H and O–H groups in total. The zero-order valence-corrected chi connectivity index (χ0v) is 33.8. The first-order valence-corrected chi connectivity index (χ1v) is 20.6. The third-order valence-electron chi connectivity index (χ3n) is 12.3. The van der Waals surface area contributed by atoms with E-state index in [1.165, 1.54) is 12.1 Å². The number of imide groups is 1. The molecule has 3 aromatic rings. The van der Waals surface area contributed by atoms with Gasteiger partial charge in [0.2, 0.25) is 11.9 Å². The van der Waals surface area contributed by atoms with Crippen molar-refractivity contribution >= 4 is 58.4 Å². The van der Waals surface area contributed by atoms with Crippen LogP contribution in [-0.4, -0.2) is 145 Å². The van der Waals surface area contributed by atoms with Crippen LogP contribution in [0.3, 0.4) is 0 Å². The van der Waals surface area contributed by atoms with Gasteiger partial charge in [-0.3, -0.25) is 24.7 Å². The Morgan fingerprint density at radius 3 is 2.30 bits per heavy atom. The van der Waals surface area contributed by atoms with Crippen LogP contribution in [0.5, 0.6) is 0 Å². The Balaban J connectivity index is 0.842. The zero-order chi connectivity index (χ0) is 43.0. The second kappa shape index (κ2) is 17.2. The number of anilines is 6. The second-order valence-corrected chi connectivity index (χ2v) is 16.3. The summed E-state index contributed by atoms with van der Waals surface area (Å²) in [6.45, 7) is 6.94. The average molecular weight is 852 g/mol. The Kier molecular flexibility index (Phi) is 11.7. The van der Waals surface area contributed by atoms with E-state index in [0.717, 1.165) is 43.2 Å². The van der Waals surface area contributed by atoms with Crippen molar-refractivity contribution in [2.75, 3.05) is 111 Å². The van der Waals surface area contributed by atoms with E-state index in [0.29, 0.717) is 88.4 Å². The summed E-state index contributed by atoms with van der Waals surface area (Å²) in [6, 6.07) is 7.83. The van der Waals surface area contributed by atoms with Crippen LogP contribution in [0.15, 0.2) is 36.4 Å². The molecular formula is C40H49F4N13O4. The predicted octanol–water partition coefficient (Wildman–Crippen LogP) is 3.69. The summed E-state index contributed by atoms with van der Waals surface area (Å²) in [5, 5.41) is 13.3. The largest absolute Gasteiger partial charge is 0.418 e. The number of carbonyl (C=O) groups is 4. The summed E-state index contributed by atoms with van der Waals surface area (Å²) < 4.78 is 58.3. The van der Waals surface area contributed by atoms with E-state index < -0.39 is 35.4 Å². The molecule has 8 rings (SSSR count). The minimum Gasteiger partial charge on any atom is -0.372 e. The first-order valence-electron chi connectivity index (χ1n) is 20.6. The van der Waals surface area contributed by atoms with Crippen molar-refractivity contribution in [1.29, 1.82) is 0 Å². The van der Waals surface area contributed by atoms with Crippen molar-refractivity contribution in [2.45, 2.75) is 44.3 Å². The fourth-order valence-electron chi connectivity index (χ4n) is 8.97. The molecule has 5 aliphatic heterocycles. The number of nitrogens with zero attached hydrogens (tertiary/aromatic N) is 10. The third kappa shape index (κ3) is 9.06. The summed E-state index contributed by atoms with van der Waals surface area (Å²) in [7, 11) is 1.78. The molecule has 2 aromatic carbocycles. The Morgan fingerprint density at radius 1 is 0.869 bits per heavy atom. The number of amides is 6. The smallest absolute Gasteiger partial charge is 0.372 e. The number of rotatable bonds is 10. The monoisotopic (exact) mass is 851 g/mol. The number of carbonyl (C=O) groups excluding carboxylic acids is 4. The van der Waals surface area contributed by atoms with Crippen LogP contribution in [0.1, 0.15) is 48.2 Å². The molecule has 17 nitrogen and oxygen atoms in total. The number of piperidine rings is 2. The van der Waals surface area contributed by atoms with Crippen molar-refractivity contribution < 1.29 is 36.7 Å². The van der Waals surface area contributed by atoms with Crippen molar-refractivity contribution in [2.24, 2.45) is 11.7 Å². The number of hydrogen-bond donors (Lipinski definition) is 3. The molecule has 5 aliphatic rings. The number of likely N-dealkylation sites (N-methyl/N-ethyl adjacent to an activating group) is 1. The number of benzene rings is 2. The van der Waals surface area contributed by atoms with E-state index in [-0.39, 0.29) is 48.2 Å². The molecule has 1 aromatic heterocycles. The highest BCUT2D eigenvalue weighted by molar-refractivity contribution is 6.06. The van der Waals surface area contributed by atoms with Crippen LogP contribution < -0.4 is 36.0 Å². The SMILES string of the molecule is CN1CCN(C2CCCN(c3nnc(C(N)=O)c(Nc4ccc(N5CCN(CC6CCN(c7ccc(N8CCC(=O)NC8=O)c(C(F)(F)F)c7)CC6)CC5)c(F)c4)n3)C2)C1=O. The Bertz CT molecular complexity index is 2160. The molecule has 0 aliphatic carbocycles. The van der Waals surface area contributed by atoms with Crippen molar-refractivity contribution in [3.63, 3.8) is 0 Å². The van der Waals surface area contributed by atoms with Crippen molar-refractivity contribution in [3.8, 4) is 0 Å². The summed E-state index contributed by atoms with van der Waals surface area (Å²) in [6.07, 6.45) is -1.53. The lowest BCUT2D eigenvalue weighted by Gasteiger charge is -2.40. The molecule has 6 heterocycles. The van der Waals surface area contributed by atoms with Crippen LogP contribution in [0, 0.1) is 11.7 Å². The van der Waals surface area contributed by atoms with Gasteiger partial charge in [-0.05, 0) is 68.0 Å². The zero-order valence-electron chi connectivity index (χ0n) is 33.8. The van der Waals surface area contributed by atoms with E-state index in [1.54, 1.807) is 30.1 Å². The molecule has 0 saturated carbocycles. The maximum Gasteiger partial charge on any atom is 0.418 e. The van der Waals surface area contributed by atoms with Gasteiger partial charge in [-0.1, -0.05) is 0 Å². The maximum absolute atomic E-state index is 15.7. The van der Waals surface area contributed by atoms with Crippen LogP contribution in [0.2, 0.25) is 0 Å². The first-order chi connectivity index (χ1) is 29.2. The molecule has 6 amide bonds. The molecule has 5 fully saturated rings. The standard InChI is InChI=1S/C40H49F4N13O4/c1-51-15-20-56(39(51)61)28-3-2-11-55(24-28)37-48-36(34(35(45)59)49-50-37)46-26-4-6-32(30(41)21-26)54-18-16-52(17-19-54)23-25-8-12-53(13-9-25)27-5-7-31(29(22-27)40(42,43)44)57-14-10-33(58)47-38(57)60/h4-7,21-22,25,28H,2-3,8-20,23-24H2,1H3,(H2,45,59)(H,46,48,50)(H,47,58,60). The van der Waals surface area contributed by atoms with Gasteiger partial charge >= 0.3 is 18.2 Å². The van der Waals surface area contributed by atoms with Gasteiger partial charge in [0, 0.05) is 103 Å². The molecule has 61 heavy (non-hydrogen) atoms. The Morgan fingerprint density at radius 2 is 1.62 bits per heavy atom. The highest BCUT2D eigenvalue weighted by Gasteiger charge is 2.39. The van der Waals surface area contributed by atoms with Crippen LogP contribution in [0.25, 0.3) is 0 Å². The van der Waals surface area contributed by atoms with E-state index in [2.05, 4.69) is 30.7 Å². The van der Waals surface area contributed by atoms with Gasteiger partial charge in [-0.25, -0.2) is 14.0 Å². The van der Waals surface area contributed by atoms with Crippen LogP contribution in [0.4, 0.5) is 61.7 Å². The quantitative estimate of drug-likeness (QED) is 0.253. The number of piperazine rings is 1. The summed E-state index contributed by atoms with van der Waals surface area (Å²) in [5.41, 5.74) is 5.45. The van der Waals surface area contributed by atoms with Crippen molar-refractivity contribution in [1.82, 2.24) is 35.2 Å². The van der Waals surface area contributed by atoms with Crippen molar-refractivity contribution in [3.05, 3.63) is 53.5 Å². The number of nitrogens with two attached hydrogens (primary N) is 1. The molecule has 0 bridgehead atoms. The molecule has 1 atom stereocenters. The number of halogens is 4. The van der Waals surface area contributed by atoms with E-state index >= 15 is 4.39 Å². The highest BCUT2D eigenvalue weighted by Crippen LogP contribution is 2.40. The fourth-order valence-corrected chi connectivity index (χ4v) is 8.97. The van der Waals surface area contributed by atoms with Gasteiger partial charge in [-0.2, -0.15) is 18.2 Å². The third-order valence-corrected chi connectivity index (χ3v) is 12.3. The molecule has 326 valence electrons. The molecule has 0 radical (unpaired) electrons. The van der Waals surface area contributed by atoms with Gasteiger partial charge in [-0.15, -0.1) is 10.2 Å². The Labute approximate surface area is 349 Å². The molecule has 21 heteroatoms. The topological polar surface area (TPSA) is 180 Å². The fraction of sp³-hybridized carbons (Fsp3) is 0.525. The lowest BCUT2D eigenvalue weighted by molar-refractivity contribution is -0.137. The van der Waals surface area contributed by atoms with Gasteiger partial charge in [0.15, 0.2) is 11.5 Å². The summed E-state index contributed by atoms with van der Waals surface area (Å²) >= 11 is 0. The molecule has 0 spiro atoms. The summed E-state index contributed by atoms with van der Waals surface area (Å²) in [4.78, 5) is 66.1. The second-order valence-electron chi connectivity index (χ2n) is 16.3. The van der Waals surface area contributed by atoms with E-state index in [9.17, 15) is 32.3 Å². The van der Waals surface area contributed by atoms with Crippen LogP contribution in [-0.2, 0) is 11.0 Å². The van der Waals surface area contributed by atoms with E-state index in [1.807, 2.05) is 19.6 Å². The van der Waals surface area contributed by atoms with Gasteiger partial charge in [0.05, 0.1) is 23.0 Å². The first kappa shape index (κ1) is 41.7. The van der Waals surface area contributed by atoms with E-state index in [4.69, 9.17) is 5.73 Å². The average Bonchev–Trinajstić information content (AvgIpc) is 3.58. The normalized spacial score (nSPS) is 21.1. The number of aromatic nitrogens is 3. The summed E-state index contributed by atoms with van der Waals surface area (Å²) in [5.74, 6) is -1.15. The van der Waals surface area contributed by atoms with Gasteiger partial charge in [0.1, 0.15) is 5.82 Å². The van der Waals surface area contributed by atoms with Crippen LogP contribution >= 0.6 is 0 Å². The predicted molar refractivity (Wildman–Crippen MR) is 219 cm³/mol. The number of hydrogen-bond acceptors (Lipinski definition) is 12. The molecule has 1 unspecified atom stereocenters. The number of primary amides is 1. The maximum atomic E-state index is 15.7. The minimum absolute atomic E-state index is 0.00950. The number of urea groups is 2. The molecular weight excluding hydrogens is 803 g/mol. The molecule has 5 saturated heterocycles. The Hall–Kier alpha value is -5.99. The minimum atomic E-state index is -4.69. The lowest BCUT2D eigenvalue weighted by Crippen LogP contribution is -2.50.